The van der Waals surface area contributed by atoms with E-state index in [1.54, 1.807) is 12.1 Å². The molecule has 0 bridgehead atoms. The van der Waals surface area contributed by atoms with Crippen molar-refractivity contribution in [2.45, 2.75) is 38.8 Å². The van der Waals surface area contributed by atoms with Gasteiger partial charge in [0.1, 0.15) is 5.75 Å². The Morgan fingerprint density at radius 2 is 2.03 bits per heavy atom. The molecule has 0 saturated carbocycles. The molecule has 2 aliphatic rings. The van der Waals surface area contributed by atoms with Crippen LogP contribution in [0.5, 0.6) is 5.75 Å². The highest BCUT2D eigenvalue weighted by atomic mass is 127. The molecular weight excluding hydrogens is 503 g/mol. The number of anilines is 1. The number of likely N-dealkylation sites (tertiary alicyclic amines) is 1. The van der Waals surface area contributed by atoms with Crippen LogP contribution in [0.25, 0.3) is 0 Å². The molecule has 170 valence electrons. The minimum absolute atomic E-state index is 0. The first-order valence-electron chi connectivity index (χ1n) is 10.6. The first-order valence-corrected chi connectivity index (χ1v) is 10.6. The fourth-order valence-electron chi connectivity index (χ4n) is 4.17. The second-order valence-electron chi connectivity index (χ2n) is 7.91. The second-order valence-corrected chi connectivity index (χ2v) is 7.91. The number of nitrogens with one attached hydrogen (secondary N) is 2. The number of aliphatic imine (C=N–C) groups is 1. The Kier molecular flexibility index (Phi) is 10.4. The molecular formula is C21H34F2IN5O. The van der Waals surface area contributed by atoms with Crippen LogP contribution in [0.1, 0.15) is 26.2 Å². The van der Waals surface area contributed by atoms with Gasteiger partial charge < -0.3 is 25.2 Å². The lowest BCUT2D eigenvalue weighted by atomic mass is 9.99. The number of halogens is 3. The van der Waals surface area contributed by atoms with E-state index in [2.05, 4.69) is 34.4 Å². The first kappa shape index (κ1) is 24.9. The zero-order valence-corrected chi connectivity index (χ0v) is 20.1. The van der Waals surface area contributed by atoms with E-state index in [1.807, 2.05) is 12.1 Å². The third kappa shape index (κ3) is 7.40. The van der Waals surface area contributed by atoms with Crippen LogP contribution in [0.4, 0.5) is 14.5 Å². The van der Waals surface area contributed by atoms with E-state index in [0.717, 1.165) is 45.1 Å². The van der Waals surface area contributed by atoms with Crippen molar-refractivity contribution < 1.29 is 13.5 Å². The topological polar surface area (TPSA) is 52.1 Å². The number of benzene rings is 1. The van der Waals surface area contributed by atoms with Crippen LogP contribution in [0, 0.1) is 5.92 Å². The molecule has 3 rings (SSSR count). The van der Waals surface area contributed by atoms with Crippen molar-refractivity contribution in [2.75, 3.05) is 51.2 Å². The highest BCUT2D eigenvalue weighted by molar-refractivity contribution is 14.0. The third-order valence-corrected chi connectivity index (χ3v) is 5.52. The lowest BCUT2D eigenvalue weighted by Crippen LogP contribution is -2.45. The standard InChI is InChI=1S/C21H33F2N5O.HI/c1-3-24-21(25-13-16-7-6-11-27(2)14-16)26-17-10-12-28(15-17)18-8-4-5-9-19(18)29-20(22)23;/h4-5,8-9,16-17,20H,3,6-7,10-15H2,1-2H3,(H2,24,25,26);1H. The minimum atomic E-state index is -2.82. The minimum Gasteiger partial charge on any atom is -0.433 e. The fourth-order valence-corrected chi connectivity index (χ4v) is 4.17. The Labute approximate surface area is 195 Å². The Morgan fingerprint density at radius 1 is 1.23 bits per heavy atom. The van der Waals surface area contributed by atoms with Crippen LogP contribution in [0.3, 0.4) is 0 Å². The summed E-state index contributed by atoms with van der Waals surface area (Å²) in [5.41, 5.74) is 0.712. The molecule has 0 radical (unpaired) electrons. The van der Waals surface area contributed by atoms with Gasteiger partial charge in [-0.25, -0.2) is 0 Å². The number of hydrogen-bond donors (Lipinski definition) is 2. The zero-order chi connectivity index (χ0) is 20.6. The Hall–Kier alpha value is -1.36. The highest BCUT2D eigenvalue weighted by Gasteiger charge is 2.26. The maximum atomic E-state index is 12.7. The number of alkyl halides is 2. The first-order chi connectivity index (χ1) is 14.0. The Bertz CT molecular complexity index is 679. The molecule has 9 heteroatoms. The SMILES string of the molecule is CCNC(=NCC1CCCN(C)C1)NC1CCN(c2ccccc2OC(F)F)C1.I. The van der Waals surface area contributed by atoms with Gasteiger partial charge in [-0.3, -0.25) is 4.99 Å². The summed E-state index contributed by atoms with van der Waals surface area (Å²) in [7, 11) is 2.17. The van der Waals surface area contributed by atoms with E-state index >= 15 is 0 Å². The largest absolute Gasteiger partial charge is 0.433 e. The van der Waals surface area contributed by atoms with Crippen molar-refractivity contribution in [2.24, 2.45) is 10.9 Å². The van der Waals surface area contributed by atoms with Gasteiger partial charge in [-0.15, -0.1) is 24.0 Å². The highest BCUT2D eigenvalue weighted by Crippen LogP contribution is 2.31. The van der Waals surface area contributed by atoms with Crippen LogP contribution >= 0.6 is 24.0 Å². The molecule has 2 fully saturated rings. The number of nitrogens with zero attached hydrogens (tertiary/aromatic N) is 3. The lowest BCUT2D eigenvalue weighted by molar-refractivity contribution is -0.0495. The smallest absolute Gasteiger partial charge is 0.387 e. The summed E-state index contributed by atoms with van der Waals surface area (Å²) < 4.78 is 30.1. The van der Waals surface area contributed by atoms with E-state index in [4.69, 9.17) is 9.73 Å². The van der Waals surface area contributed by atoms with Crippen LogP contribution in [-0.2, 0) is 0 Å². The van der Waals surface area contributed by atoms with Gasteiger partial charge in [-0.2, -0.15) is 8.78 Å². The normalized spacial score (nSPS) is 22.7. The second kappa shape index (κ2) is 12.5. The Morgan fingerprint density at radius 3 is 2.77 bits per heavy atom. The van der Waals surface area contributed by atoms with Gasteiger partial charge >= 0.3 is 6.61 Å². The van der Waals surface area contributed by atoms with Gasteiger partial charge in [0, 0.05) is 38.8 Å². The summed E-state index contributed by atoms with van der Waals surface area (Å²) in [5.74, 6) is 1.66. The number of piperidine rings is 1. The molecule has 30 heavy (non-hydrogen) atoms. The molecule has 0 spiro atoms. The maximum Gasteiger partial charge on any atom is 0.387 e. The summed E-state index contributed by atoms with van der Waals surface area (Å²) >= 11 is 0. The molecule has 0 amide bonds. The van der Waals surface area contributed by atoms with Gasteiger partial charge in [-0.1, -0.05) is 12.1 Å². The lowest BCUT2D eigenvalue weighted by Gasteiger charge is -2.29. The van der Waals surface area contributed by atoms with Crippen LogP contribution in [0.2, 0.25) is 0 Å². The maximum absolute atomic E-state index is 12.7. The van der Waals surface area contributed by atoms with Gasteiger partial charge in [0.05, 0.1) is 5.69 Å². The number of para-hydroxylation sites is 2. The molecule has 1 aromatic carbocycles. The third-order valence-electron chi connectivity index (χ3n) is 5.52. The van der Waals surface area contributed by atoms with Crippen molar-refractivity contribution in [1.82, 2.24) is 15.5 Å². The van der Waals surface area contributed by atoms with E-state index < -0.39 is 6.61 Å². The molecule has 2 heterocycles. The van der Waals surface area contributed by atoms with Crippen LogP contribution in [-0.4, -0.2) is 69.8 Å². The van der Waals surface area contributed by atoms with Crippen LogP contribution in [0.15, 0.2) is 29.3 Å². The summed E-state index contributed by atoms with van der Waals surface area (Å²) in [4.78, 5) is 9.28. The van der Waals surface area contributed by atoms with Crippen molar-refractivity contribution in [3.63, 3.8) is 0 Å². The molecule has 2 aliphatic heterocycles. The molecule has 2 N–H and O–H groups in total. The van der Waals surface area contributed by atoms with Gasteiger partial charge in [0.15, 0.2) is 5.96 Å². The predicted molar refractivity (Wildman–Crippen MR) is 128 cm³/mol. The molecule has 1 aromatic rings. The molecule has 2 atom stereocenters. The van der Waals surface area contributed by atoms with Gasteiger partial charge in [0.2, 0.25) is 0 Å². The molecule has 2 unspecified atom stereocenters. The van der Waals surface area contributed by atoms with Gasteiger partial charge in [-0.05, 0) is 57.8 Å². The number of guanidine groups is 1. The van der Waals surface area contributed by atoms with E-state index in [0.29, 0.717) is 11.6 Å². The van der Waals surface area contributed by atoms with Crippen molar-refractivity contribution >= 4 is 35.6 Å². The van der Waals surface area contributed by atoms with Crippen molar-refractivity contribution in [3.8, 4) is 5.75 Å². The number of hydrogen-bond acceptors (Lipinski definition) is 4. The quantitative estimate of drug-likeness (QED) is 0.318. The monoisotopic (exact) mass is 537 g/mol. The van der Waals surface area contributed by atoms with Crippen molar-refractivity contribution in [1.29, 1.82) is 0 Å². The molecule has 0 aromatic heterocycles. The van der Waals surface area contributed by atoms with E-state index in [-0.39, 0.29) is 35.8 Å². The van der Waals surface area contributed by atoms with Crippen LogP contribution < -0.4 is 20.3 Å². The Balaban J connectivity index is 0.00000320. The predicted octanol–water partition coefficient (Wildman–Crippen LogP) is 3.38. The summed E-state index contributed by atoms with van der Waals surface area (Å²) in [6, 6.07) is 7.20. The average molecular weight is 537 g/mol. The zero-order valence-electron chi connectivity index (χ0n) is 17.8. The fraction of sp³-hybridized carbons (Fsp3) is 0.667. The van der Waals surface area contributed by atoms with Gasteiger partial charge in [0.25, 0.3) is 0 Å². The van der Waals surface area contributed by atoms with E-state index in [1.165, 1.54) is 19.4 Å². The number of rotatable bonds is 7. The molecule has 0 aliphatic carbocycles. The molecule has 6 nitrogen and oxygen atoms in total. The molecule has 2 saturated heterocycles. The van der Waals surface area contributed by atoms with E-state index in [9.17, 15) is 8.78 Å². The summed E-state index contributed by atoms with van der Waals surface area (Å²) in [6.07, 6.45) is 3.38. The average Bonchev–Trinajstić information content (AvgIpc) is 3.15. The number of ether oxygens (including phenoxy) is 1. The summed E-state index contributed by atoms with van der Waals surface area (Å²) in [6.45, 7) is 4.64. The summed E-state index contributed by atoms with van der Waals surface area (Å²) in [5, 5.41) is 6.86. The van der Waals surface area contributed by atoms with Crippen molar-refractivity contribution in [3.05, 3.63) is 24.3 Å².